The van der Waals surface area contributed by atoms with Crippen molar-refractivity contribution in [3.63, 3.8) is 0 Å². The van der Waals surface area contributed by atoms with Gasteiger partial charge in [0, 0.05) is 37.7 Å². The number of rotatable bonds is 12. The first-order valence-corrected chi connectivity index (χ1v) is 12.7. The van der Waals surface area contributed by atoms with Crippen molar-refractivity contribution in [3.8, 4) is 22.5 Å². The lowest BCUT2D eigenvalue weighted by Gasteiger charge is -2.19. The Bertz CT molecular complexity index is 1060. The van der Waals surface area contributed by atoms with Crippen molar-refractivity contribution in [1.29, 1.82) is 0 Å². The fourth-order valence-corrected chi connectivity index (χ4v) is 4.30. The number of amidine groups is 1. The Morgan fingerprint density at radius 2 is 1.56 bits per heavy atom. The number of nitrogens with one attached hydrogen (secondary N) is 1. The number of hydrogen-bond donors (Lipinski definition) is 1. The van der Waals surface area contributed by atoms with Crippen molar-refractivity contribution in [1.82, 2.24) is 15.3 Å². The minimum atomic E-state index is 0.793. The monoisotopic (exact) mass is 455 g/mol. The van der Waals surface area contributed by atoms with Gasteiger partial charge in [-0.3, -0.25) is 4.99 Å². The van der Waals surface area contributed by atoms with Crippen LogP contribution in [0.25, 0.3) is 22.5 Å². The Kier molecular flexibility index (Phi) is 8.66. The number of hydrogen-bond acceptors (Lipinski definition) is 5. The maximum Gasteiger partial charge on any atom is 0.226 e. The Morgan fingerprint density at radius 3 is 2.24 bits per heavy atom. The third-order valence-electron chi connectivity index (χ3n) is 6.34. The number of anilines is 1. The number of benzene rings is 2. The Hall–Kier alpha value is -3.21. The summed E-state index contributed by atoms with van der Waals surface area (Å²) in [5.74, 6) is 1.96. The zero-order chi connectivity index (χ0) is 23.6. The SMILES string of the molecule is CCCCCCN(C)c1nc(-c2ccccc2)cc(-c2ccc(CCCC3=NCCN3)cc2)n1. The van der Waals surface area contributed by atoms with Gasteiger partial charge in [-0.25, -0.2) is 9.97 Å². The van der Waals surface area contributed by atoms with Gasteiger partial charge in [-0.05, 0) is 30.9 Å². The lowest BCUT2D eigenvalue weighted by atomic mass is 10.0. The van der Waals surface area contributed by atoms with Gasteiger partial charge in [0.05, 0.1) is 23.8 Å². The van der Waals surface area contributed by atoms with E-state index in [4.69, 9.17) is 9.97 Å². The first kappa shape index (κ1) is 23.9. The van der Waals surface area contributed by atoms with Crippen molar-refractivity contribution in [2.75, 3.05) is 31.6 Å². The van der Waals surface area contributed by atoms with Gasteiger partial charge < -0.3 is 10.2 Å². The average Bonchev–Trinajstić information content (AvgIpc) is 3.41. The van der Waals surface area contributed by atoms with Gasteiger partial charge in [0.15, 0.2) is 0 Å². The summed E-state index contributed by atoms with van der Waals surface area (Å²) in [6.45, 7) is 5.12. The summed E-state index contributed by atoms with van der Waals surface area (Å²) in [5.41, 5.74) is 5.54. The van der Waals surface area contributed by atoms with Gasteiger partial charge in [-0.2, -0.15) is 0 Å². The van der Waals surface area contributed by atoms with Crippen molar-refractivity contribution in [2.24, 2.45) is 4.99 Å². The minimum absolute atomic E-state index is 0.793. The summed E-state index contributed by atoms with van der Waals surface area (Å²) < 4.78 is 0. The van der Waals surface area contributed by atoms with E-state index < -0.39 is 0 Å². The Labute approximate surface area is 204 Å². The fraction of sp³-hybridized carbons (Fsp3) is 0.414. The minimum Gasteiger partial charge on any atom is -0.372 e. The van der Waals surface area contributed by atoms with Crippen molar-refractivity contribution in [3.05, 3.63) is 66.2 Å². The molecule has 5 nitrogen and oxygen atoms in total. The summed E-state index contributed by atoms with van der Waals surface area (Å²) >= 11 is 0. The molecule has 0 atom stereocenters. The lowest BCUT2D eigenvalue weighted by molar-refractivity contribution is 0.656. The molecule has 2 aromatic carbocycles. The second kappa shape index (κ2) is 12.3. The lowest BCUT2D eigenvalue weighted by Crippen LogP contribution is -2.21. The smallest absolute Gasteiger partial charge is 0.226 e. The highest BCUT2D eigenvalue weighted by Crippen LogP contribution is 2.27. The van der Waals surface area contributed by atoms with Gasteiger partial charge in [-0.15, -0.1) is 0 Å². The summed E-state index contributed by atoms with van der Waals surface area (Å²) in [5, 5.41) is 3.36. The van der Waals surface area contributed by atoms with Gasteiger partial charge in [-0.1, -0.05) is 80.8 Å². The van der Waals surface area contributed by atoms with Crippen LogP contribution < -0.4 is 10.2 Å². The zero-order valence-corrected chi connectivity index (χ0v) is 20.6. The van der Waals surface area contributed by atoms with E-state index in [9.17, 15) is 0 Å². The van der Waals surface area contributed by atoms with Crippen molar-refractivity contribution < 1.29 is 0 Å². The number of aromatic nitrogens is 2. The molecule has 3 aromatic rings. The second-order valence-corrected chi connectivity index (χ2v) is 9.09. The number of nitrogens with zero attached hydrogens (tertiary/aromatic N) is 4. The molecule has 34 heavy (non-hydrogen) atoms. The summed E-state index contributed by atoms with van der Waals surface area (Å²) in [6, 6.07) is 21.4. The van der Waals surface area contributed by atoms with E-state index in [1.54, 1.807) is 0 Å². The summed E-state index contributed by atoms with van der Waals surface area (Å²) in [4.78, 5) is 16.6. The van der Waals surface area contributed by atoms with Crippen LogP contribution in [0.4, 0.5) is 5.95 Å². The maximum atomic E-state index is 4.96. The summed E-state index contributed by atoms with van der Waals surface area (Å²) in [6.07, 6.45) is 8.14. The van der Waals surface area contributed by atoms with Crippen LogP contribution in [0.5, 0.6) is 0 Å². The molecule has 0 amide bonds. The number of aliphatic imine (C=N–C) groups is 1. The molecule has 0 fully saturated rings. The quantitative estimate of drug-likeness (QED) is 0.333. The molecule has 0 spiro atoms. The third kappa shape index (κ3) is 6.66. The van der Waals surface area contributed by atoms with E-state index >= 15 is 0 Å². The predicted molar refractivity (Wildman–Crippen MR) is 144 cm³/mol. The molecule has 1 N–H and O–H groups in total. The van der Waals surface area contributed by atoms with Crippen LogP contribution in [0.15, 0.2) is 65.7 Å². The number of unbranched alkanes of at least 4 members (excludes halogenated alkanes) is 3. The molecule has 0 aliphatic carbocycles. The third-order valence-corrected chi connectivity index (χ3v) is 6.34. The van der Waals surface area contributed by atoms with Crippen molar-refractivity contribution in [2.45, 2.75) is 51.9 Å². The zero-order valence-electron chi connectivity index (χ0n) is 20.6. The van der Waals surface area contributed by atoms with E-state index in [0.717, 1.165) is 79.6 Å². The maximum absolute atomic E-state index is 4.96. The van der Waals surface area contributed by atoms with Gasteiger partial charge >= 0.3 is 0 Å². The first-order chi connectivity index (χ1) is 16.7. The van der Waals surface area contributed by atoms with E-state index in [-0.39, 0.29) is 0 Å². The van der Waals surface area contributed by atoms with Crippen LogP contribution in [0, 0.1) is 0 Å². The van der Waals surface area contributed by atoms with Crippen LogP contribution in [-0.4, -0.2) is 42.5 Å². The average molecular weight is 456 g/mol. The molecule has 1 aliphatic heterocycles. The highest BCUT2D eigenvalue weighted by atomic mass is 15.2. The highest BCUT2D eigenvalue weighted by Gasteiger charge is 2.12. The highest BCUT2D eigenvalue weighted by molar-refractivity contribution is 5.83. The molecule has 1 aromatic heterocycles. The van der Waals surface area contributed by atoms with Crippen LogP contribution in [0.2, 0.25) is 0 Å². The van der Waals surface area contributed by atoms with Crippen LogP contribution in [0.3, 0.4) is 0 Å². The molecule has 1 aliphatic rings. The molecular formula is C29H37N5. The molecule has 0 saturated carbocycles. The Balaban J connectivity index is 1.51. The predicted octanol–water partition coefficient (Wildman–Crippen LogP) is 6.15. The second-order valence-electron chi connectivity index (χ2n) is 9.09. The molecule has 5 heteroatoms. The molecule has 2 heterocycles. The fourth-order valence-electron chi connectivity index (χ4n) is 4.30. The van der Waals surface area contributed by atoms with E-state index in [1.807, 2.05) is 6.07 Å². The molecule has 0 unspecified atom stereocenters. The first-order valence-electron chi connectivity index (χ1n) is 12.7. The van der Waals surface area contributed by atoms with Crippen molar-refractivity contribution >= 4 is 11.8 Å². The standard InChI is InChI=1S/C29H37N5/c1-3-4-5-9-21-34(2)29-32-26(24-12-7-6-8-13-24)22-27(33-29)25-17-15-23(16-18-25)11-10-14-28-30-19-20-31-28/h6-8,12-13,15-18,22H,3-5,9-11,14,19-21H2,1-2H3,(H,30,31). The molecule has 0 bridgehead atoms. The van der Waals surface area contributed by atoms with Gasteiger partial charge in [0.1, 0.15) is 0 Å². The van der Waals surface area contributed by atoms with Gasteiger partial charge in [0.2, 0.25) is 5.95 Å². The normalized spacial score (nSPS) is 12.9. The topological polar surface area (TPSA) is 53.4 Å². The molecule has 178 valence electrons. The molecular weight excluding hydrogens is 418 g/mol. The summed E-state index contributed by atoms with van der Waals surface area (Å²) in [7, 11) is 2.10. The largest absolute Gasteiger partial charge is 0.372 e. The molecule has 0 saturated heterocycles. The van der Waals surface area contributed by atoms with Crippen LogP contribution in [0.1, 0.15) is 51.0 Å². The van der Waals surface area contributed by atoms with E-state index in [0.29, 0.717) is 0 Å². The Morgan fingerprint density at radius 1 is 0.824 bits per heavy atom. The van der Waals surface area contributed by atoms with E-state index in [2.05, 4.69) is 83.8 Å². The number of aryl methyl sites for hydroxylation is 1. The molecule has 4 rings (SSSR count). The van der Waals surface area contributed by atoms with Crippen LogP contribution in [-0.2, 0) is 6.42 Å². The molecule has 0 radical (unpaired) electrons. The van der Waals surface area contributed by atoms with Crippen LogP contribution >= 0.6 is 0 Å². The van der Waals surface area contributed by atoms with Gasteiger partial charge in [0.25, 0.3) is 0 Å². The van der Waals surface area contributed by atoms with E-state index in [1.165, 1.54) is 24.8 Å².